The van der Waals surface area contributed by atoms with Gasteiger partial charge in [0.15, 0.2) is 0 Å². The predicted molar refractivity (Wildman–Crippen MR) is 88.3 cm³/mol. The van der Waals surface area contributed by atoms with E-state index in [4.69, 9.17) is 4.42 Å². The van der Waals surface area contributed by atoms with Crippen molar-refractivity contribution in [1.82, 2.24) is 5.32 Å². The molecule has 0 aliphatic rings. The van der Waals surface area contributed by atoms with Crippen LogP contribution in [0.2, 0.25) is 0 Å². The third kappa shape index (κ3) is 4.08. The summed E-state index contributed by atoms with van der Waals surface area (Å²) in [6, 6.07) is 7.59. The van der Waals surface area contributed by atoms with E-state index in [0.717, 1.165) is 29.6 Å². The molecule has 0 aliphatic carbocycles. The molecule has 0 atom stereocenters. The van der Waals surface area contributed by atoms with Crippen LogP contribution in [-0.2, 0) is 6.42 Å². The molecule has 0 aliphatic heterocycles. The average molecular weight is 288 g/mol. The lowest BCUT2D eigenvalue weighted by atomic mass is 10.0. The van der Waals surface area contributed by atoms with E-state index in [1.165, 1.54) is 0 Å². The minimum Gasteiger partial charge on any atom is -0.423 e. The molecule has 1 N–H and O–H groups in total. The van der Waals surface area contributed by atoms with Crippen LogP contribution in [0.5, 0.6) is 0 Å². The molecule has 4 nitrogen and oxygen atoms in total. The van der Waals surface area contributed by atoms with Gasteiger partial charge >= 0.3 is 5.63 Å². The Hall–Kier alpha value is -1.81. The molecule has 0 radical (unpaired) electrons. The van der Waals surface area contributed by atoms with Crippen LogP contribution in [0.25, 0.3) is 11.0 Å². The summed E-state index contributed by atoms with van der Waals surface area (Å²) in [4.78, 5) is 13.7. The quantitative estimate of drug-likeness (QED) is 0.879. The monoisotopic (exact) mass is 288 g/mol. The standard InChI is InChI=1S/C17H24N2O2/c1-17(2,3)18-9-8-12-10-16(20)21-15-11-13(19(4)5)6-7-14(12)15/h6-7,10-11,18H,8-9H2,1-5H3. The molecule has 0 spiro atoms. The first-order valence-corrected chi connectivity index (χ1v) is 7.25. The fourth-order valence-electron chi connectivity index (χ4n) is 2.28. The first kappa shape index (κ1) is 15.6. The van der Waals surface area contributed by atoms with E-state index in [2.05, 4.69) is 26.1 Å². The lowest BCUT2D eigenvalue weighted by Gasteiger charge is -2.20. The van der Waals surface area contributed by atoms with Crippen molar-refractivity contribution in [2.75, 3.05) is 25.5 Å². The number of anilines is 1. The first-order chi connectivity index (χ1) is 9.76. The second kappa shape index (κ2) is 5.90. The Morgan fingerprint density at radius 1 is 1.19 bits per heavy atom. The number of rotatable bonds is 4. The number of benzene rings is 1. The van der Waals surface area contributed by atoms with Gasteiger partial charge in [-0.3, -0.25) is 0 Å². The van der Waals surface area contributed by atoms with E-state index < -0.39 is 0 Å². The summed E-state index contributed by atoms with van der Waals surface area (Å²) in [5, 5.41) is 4.45. The molecule has 0 amide bonds. The Labute approximate surface area is 125 Å². The van der Waals surface area contributed by atoms with Gasteiger partial charge in [-0.25, -0.2) is 4.79 Å². The molecular weight excluding hydrogens is 264 g/mol. The maximum atomic E-state index is 11.7. The summed E-state index contributed by atoms with van der Waals surface area (Å²) in [7, 11) is 3.94. The molecule has 0 unspecified atom stereocenters. The van der Waals surface area contributed by atoms with E-state index in [1.807, 2.05) is 37.2 Å². The number of hydrogen-bond donors (Lipinski definition) is 1. The van der Waals surface area contributed by atoms with Crippen LogP contribution in [0.1, 0.15) is 26.3 Å². The van der Waals surface area contributed by atoms with Crippen molar-refractivity contribution >= 4 is 16.7 Å². The highest BCUT2D eigenvalue weighted by atomic mass is 16.4. The van der Waals surface area contributed by atoms with Crippen molar-refractivity contribution in [1.29, 1.82) is 0 Å². The number of nitrogens with zero attached hydrogens (tertiary/aromatic N) is 1. The zero-order valence-electron chi connectivity index (χ0n) is 13.5. The van der Waals surface area contributed by atoms with Crippen LogP contribution in [0, 0.1) is 0 Å². The minimum absolute atomic E-state index is 0.0767. The molecule has 1 aromatic heterocycles. The third-order valence-corrected chi connectivity index (χ3v) is 3.38. The molecular formula is C17H24N2O2. The largest absolute Gasteiger partial charge is 0.423 e. The maximum Gasteiger partial charge on any atom is 0.336 e. The van der Waals surface area contributed by atoms with Crippen molar-refractivity contribution in [3.8, 4) is 0 Å². The Bertz CT molecular complexity index is 681. The van der Waals surface area contributed by atoms with Crippen LogP contribution in [0.4, 0.5) is 5.69 Å². The molecule has 21 heavy (non-hydrogen) atoms. The van der Waals surface area contributed by atoms with Crippen LogP contribution >= 0.6 is 0 Å². The number of hydrogen-bond acceptors (Lipinski definition) is 4. The Balaban J connectivity index is 2.33. The van der Waals surface area contributed by atoms with Gasteiger partial charge in [-0.2, -0.15) is 0 Å². The van der Waals surface area contributed by atoms with E-state index in [9.17, 15) is 4.79 Å². The summed E-state index contributed by atoms with van der Waals surface area (Å²) >= 11 is 0. The van der Waals surface area contributed by atoms with Crippen LogP contribution < -0.4 is 15.8 Å². The van der Waals surface area contributed by atoms with Crippen LogP contribution in [-0.4, -0.2) is 26.2 Å². The van der Waals surface area contributed by atoms with Crippen molar-refractivity contribution in [2.45, 2.75) is 32.7 Å². The number of nitrogens with one attached hydrogen (secondary N) is 1. The molecule has 2 aromatic rings. The Kier molecular flexibility index (Phi) is 4.37. The molecule has 4 heteroatoms. The normalized spacial score (nSPS) is 11.9. The molecule has 1 heterocycles. The van der Waals surface area contributed by atoms with Gasteiger partial charge in [-0.1, -0.05) is 0 Å². The molecule has 1 aromatic carbocycles. The molecule has 0 saturated heterocycles. The van der Waals surface area contributed by atoms with E-state index in [1.54, 1.807) is 6.07 Å². The van der Waals surface area contributed by atoms with Gasteiger partial charge in [0.2, 0.25) is 0 Å². The van der Waals surface area contributed by atoms with E-state index in [0.29, 0.717) is 5.58 Å². The van der Waals surface area contributed by atoms with Gasteiger partial charge in [0.05, 0.1) is 0 Å². The highest BCUT2D eigenvalue weighted by Gasteiger charge is 2.10. The predicted octanol–water partition coefficient (Wildman–Crippen LogP) is 2.79. The minimum atomic E-state index is -0.288. The average Bonchev–Trinajstić information content (AvgIpc) is 2.36. The summed E-state index contributed by atoms with van der Waals surface area (Å²) in [6.45, 7) is 7.23. The fourth-order valence-corrected chi connectivity index (χ4v) is 2.28. The van der Waals surface area contributed by atoms with Gasteiger partial charge in [0.1, 0.15) is 5.58 Å². The van der Waals surface area contributed by atoms with E-state index in [-0.39, 0.29) is 11.2 Å². The lowest BCUT2D eigenvalue weighted by Crippen LogP contribution is -2.37. The first-order valence-electron chi connectivity index (χ1n) is 7.25. The smallest absolute Gasteiger partial charge is 0.336 e. The molecule has 0 fully saturated rings. The third-order valence-electron chi connectivity index (χ3n) is 3.38. The molecule has 0 saturated carbocycles. The SMILES string of the molecule is CN(C)c1ccc2c(CCNC(C)(C)C)cc(=O)oc2c1. The second-order valence-corrected chi connectivity index (χ2v) is 6.59. The topological polar surface area (TPSA) is 45.5 Å². The fraction of sp³-hybridized carbons (Fsp3) is 0.471. The molecule has 114 valence electrons. The number of fused-ring (bicyclic) bond motifs is 1. The lowest BCUT2D eigenvalue weighted by molar-refractivity contribution is 0.429. The van der Waals surface area contributed by atoms with Gasteiger partial charge in [-0.15, -0.1) is 0 Å². The van der Waals surface area contributed by atoms with Crippen molar-refractivity contribution in [3.05, 3.63) is 40.2 Å². The Morgan fingerprint density at radius 2 is 1.90 bits per heavy atom. The maximum absolute atomic E-state index is 11.7. The summed E-state index contributed by atoms with van der Waals surface area (Å²) in [5.41, 5.74) is 2.50. The van der Waals surface area contributed by atoms with Gasteiger partial charge < -0.3 is 14.6 Å². The summed E-state index contributed by atoms with van der Waals surface area (Å²) in [5.74, 6) is 0. The second-order valence-electron chi connectivity index (χ2n) is 6.59. The summed E-state index contributed by atoms with van der Waals surface area (Å²) < 4.78 is 5.34. The zero-order valence-corrected chi connectivity index (χ0v) is 13.5. The van der Waals surface area contributed by atoms with Crippen LogP contribution in [0.15, 0.2) is 33.5 Å². The Morgan fingerprint density at radius 3 is 2.52 bits per heavy atom. The van der Waals surface area contributed by atoms with Gasteiger partial charge in [0, 0.05) is 42.8 Å². The van der Waals surface area contributed by atoms with Crippen molar-refractivity contribution < 1.29 is 4.42 Å². The molecule has 0 bridgehead atoms. The van der Waals surface area contributed by atoms with Crippen LogP contribution in [0.3, 0.4) is 0 Å². The van der Waals surface area contributed by atoms with Crippen molar-refractivity contribution in [3.63, 3.8) is 0 Å². The molecule has 2 rings (SSSR count). The van der Waals surface area contributed by atoms with E-state index >= 15 is 0 Å². The highest BCUT2D eigenvalue weighted by Crippen LogP contribution is 2.23. The van der Waals surface area contributed by atoms with Crippen molar-refractivity contribution in [2.24, 2.45) is 0 Å². The van der Waals surface area contributed by atoms with Gasteiger partial charge in [-0.05, 0) is 51.4 Å². The van der Waals surface area contributed by atoms with Gasteiger partial charge in [0.25, 0.3) is 0 Å². The zero-order chi connectivity index (χ0) is 15.6. The highest BCUT2D eigenvalue weighted by molar-refractivity contribution is 5.83. The summed E-state index contributed by atoms with van der Waals surface area (Å²) in [6.07, 6.45) is 0.806.